The molecule has 0 radical (unpaired) electrons. The first-order valence-electron chi connectivity index (χ1n) is 2.77. The lowest BCUT2D eigenvalue weighted by molar-refractivity contribution is 0.0555. The topological polar surface area (TPSA) is 69.4 Å². The lowest BCUT2D eigenvalue weighted by atomic mass is 10.6. The van der Waals surface area contributed by atoms with E-state index in [1.54, 1.807) is 0 Å². The van der Waals surface area contributed by atoms with Crippen LogP contribution >= 0.6 is 0 Å². The first kappa shape index (κ1) is 7.46. The van der Waals surface area contributed by atoms with Crippen LogP contribution in [0, 0.1) is 0 Å². The molecule has 1 heterocycles. The number of esters is 1. The average molecular weight is 155 g/mol. The minimum Gasteiger partial charge on any atom is -0.462 e. The van der Waals surface area contributed by atoms with E-state index >= 15 is 0 Å². The number of carbonyl (C=O) groups is 2. The highest BCUT2D eigenvalue weighted by atomic mass is 16.5. The van der Waals surface area contributed by atoms with Gasteiger partial charge in [-0.15, -0.1) is 0 Å². The van der Waals surface area contributed by atoms with E-state index < -0.39 is 5.97 Å². The van der Waals surface area contributed by atoms with E-state index in [-0.39, 0.29) is 11.7 Å². The molecular weight excluding hydrogens is 150 g/mol. The zero-order valence-electron chi connectivity index (χ0n) is 5.73. The maximum atomic E-state index is 10.6. The van der Waals surface area contributed by atoms with Crippen molar-refractivity contribution < 1.29 is 18.7 Å². The Labute approximate surface area is 62.0 Å². The number of methoxy groups -OCH3 is 1. The standard InChI is InChI=1S/C6H5NO4/c1-10-6(9)5-7-2-4(3-8)11-5/h2-3H,1H3. The second-order valence-corrected chi connectivity index (χ2v) is 1.68. The van der Waals surface area contributed by atoms with Crippen LogP contribution < -0.4 is 0 Å². The van der Waals surface area contributed by atoms with E-state index in [9.17, 15) is 9.59 Å². The molecule has 5 heteroatoms. The first-order valence-corrected chi connectivity index (χ1v) is 2.77. The number of hydrogen-bond acceptors (Lipinski definition) is 5. The van der Waals surface area contributed by atoms with Crippen molar-refractivity contribution >= 4 is 12.3 Å². The molecule has 11 heavy (non-hydrogen) atoms. The fourth-order valence-electron chi connectivity index (χ4n) is 0.523. The zero-order chi connectivity index (χ0) is 8.27. The summed E-state index contributed by atoms with van der Waals surface area (Å²) < 4.78 is 8.91. The van der Waals surface area contributed by atoms with Crippen molar-refractivity contribution in [2.75, 3.05) is 7.11 Å². The summed E-state index contributed by atoms with van der Waals surface area (Å²) in [6.07, 6.45) is 1.61. The van der Waals surface area contributed by atoms with Crippen LogP contribution in [0.3, 0.4) is 0 Å². The molecule has 0 bridgehead atoms. The van der Waals surface area contributed by atoms with Crippen molar-refractivity contribution in [2.45, 2.75) is 0 Å². The Morgan fingerprint density at radius 1 is 1.82 bits per heavy atom. The molecular formula is C6H5NO4. The Bertz CT molecular complexity index is 278. The number of hydrogen-bond donors (Lipinski definition) is 0. The Balaban J connectivity index is 2.88. The Kier molecular flexibility index (Phi) is 2.00. The predicted octanol–water partition coefficient (Wildman–Crippen LogP) is 0.274. The third kappa shape index (κ3) is 1.43. The zero-order valence-corrected chi connectivity index (χ0v) is 5.73. The van der Waals surface area contributed by atoms with Gasteiger partial charge < -0.3 is 9.15 Å². The van der Waals surface area contributed by atoms with Gasteiger partial charge in [0.2, 0.25) is 0 Å². The molecule has 0 aromatic carbocycles. The molecule has 1 aromatic heterocycles. The molecule has 5 nitrogen and oxygen atoms in total. The van der Waals surface area contributed by atoms with Crippen molar-refractivity contribution in [1.82, 2.24) is 4.98 Å². The summed E-state index contributed by atoms with van der Waals surface area (Å²) in [7, 11) is 1.20. The summed E-state index contributed by atoms with van der Waals surface area (Å²) in [5.74, 6) is -0.905. The van der Waals surface area contributed by atoms with Crippen LogP contribution in [0.2, 0.25) is 0 Å². The van der Waals surface area contributed by atoms with E-state index in [2.05, 4.69) is 14.1 Å². The Morgan fingerprint density at radius 3 is 3.00 bits per heavy atom. The van der Waals surface area contributed by atoms with Crippen LogP contribution in [0.25, 0.3) is 0 Å². The number of nitrogens with zero attached hydrogens (tertiary/aromatic N) is 1. The summed E-state index contributed by atoms with van der Waals surface area (Å²) >= 11 is 0. The largest absolute Gasteiger partial charge is 0.462 e. The molecule has 0 N–H and O–H groups in total. The lowest BCUT2D eigenvalue weighted by Crippen LogP contribution is -2.00. The van der Waals surface area contributed by atoms with Gasteiger partial charge in [0, 0.05) is 0 Å². The molecule has 58 valence electrons. The number of carbonyl (C=O) groups excluding carboxylic acids is 2. The van der Waals surface area contributed by atoms with E-state index in [1.807, 2.05) is 0 Å². The number of aromatic nitrogens is 1. The highest BCUT2D eigenvalue weighted by Gasteiger charge is 2.12. The van der Waals surface area contributed by atoms with Gasteiger partial charge in [0.05, 0.1) is 13.3 Å². The lowest BCUT2D eigenvalue weighted by Gasteiger charge is -1.88. The van der Waals surface area contributed by atoms with Crippen molar-refractivity contribution in [3.8, 4) is 0 Å². The fraction of sp³-hybridized carbons (Fsp3) is 0.167. The maximum Gasteiger partial charge on any atom is 0.394 e. The summed E-state index contributed by atoms with van der Waals surface area (Å²) in [6, 6.07) is 0. The Morgan fingerprint density at radius 2 is 2.55 bits per heavy atom. The minimum absolute atomic E-state index is 0.00500. The molecule has 0 aliphatic rings. The second-order valence-electron chi connectivity index (χ2n) is 1.68. The second kappa shape index (κ2) is 2.96. The van der Waals surface area contributed by atoms with Gasteiger partial charge in [-0.25, -0.2) is 9.78 Å². The average Bonchev–Trinajstić information content (AvgIpc) is 2.50. The molecule has 0 saturated heterocycles. The van der Waals surface area contributed by atoms with Crippen LogP contribution in [0.1, 0.15) is 21.2 Å². The van der Waals surface area contributed by atoms with Gasteiger partial charge in [0.1, 0.15) is 0 Å². The van der Waals surface area contributed by atoms with E-state index in [4.69, 9.17) is 0 Å². The molecule has 1 aromatic rings. The van der Waals surface area contributed by atoms with Crippen LogP contribution in [0.15, 0.2) is 10.6 Å². The van der Waals surface area contributed by atoms with Gasteiger partial charge in [-0.2, -0.15) is 0 Å². The quantitative estimate of drug-likeness (QED) is 0.453. The van der Waals surface area contributed by atoms with Gasteiger partial charge in [-0.1, -0.05) is 0 Å². The van der Waals surface area contributed by atoms with E-state index in [1.165, 1.54) is 7.11 Å². The molecule has 0 spiro atoms. The van der Waals surface area contributed by atoms with Crippen molar-refractivity contribution in [2.24, 2.45) is 0 Å². The number of ether oxygens (including phenoxy) is 1. The summed E-state index contributed by atoms with van der Waals surface area (Å²) in [5, 5.41) is 0. The monoisotopic (exact) mass is 155 g/mol. The molecule has 0 aliphatic carbocycles. The molecule has 0 amide bonds. The smallest absolute Gasteiger partial charge is 0.394 e. The fourth-order valence-corrected chi connectivity index (χ4v) is 0.523. The highest BCUT2D eigenvalue weighted by Crippen LogP contribution is 2.01. The normalized spacial score (nSPS) is 9.18. The van der Waals surface area contributed by atoms with Gasteiger partial charge >= 0.3 is 11.9 Å². The number of rotatable bonds is 2. The number of aldehydes is 1. The van der Waals surface area contributed by atoms with Crippen LogP contribution in [0.4, 0.5) is 0 Å². The number of oxazole rings is 1. The molecule has 0 aliphatic heterocycles. The summed E-state index contributed by atoms with van der Waals surface area (Å²) in [6.45, 7) is 0. The third-order valence-electron chi connectivity index (χ3n) is 1.000. The third-order valence-corrected chi connectivity index (χ3v) is 1.000. The SMILES string of the molecule is COC(=O)c1ncc(C=O)o1. The van der Waals surface area contributed by atoms with Gasteiger partial charge in [0.25, 0.3) is 0 Å². The van der Waals surface area contributed by atoms with Crippen molar-refractivity contribution in [3.63, 3.8) is 0 Å². The van der Waals surface area contributed by atoms with Crippen molar-refractivity contribution in [1.29, 1.82) is 0 Å². The highest BCUT2D eigenvalue weighted by molar-refractivity contribution is 5.84. The molecule has 0 atom stereocenters. The molecule has 0 unspecified atom stereocenters. The molecule has 1 rings (SSSR count). The maximum absolute atomic E-state index is 10.6. The van der Waals surface area contributed by atoms with Gasteiger partial charge in [0.15, 0.2) is 12.0 Å². The minimum atomic E-state index is -0.696. The van der Waals surface area contributed by atoms with Gasteiger partial charge in [-0.3, -0.25) is 4.79 Å². The summed E-state index contributed by atoms with van der Waals surface area (Å²) in [5.41, 5.74) is 0. The van der Waals surface area contributed by atoms with Crippen LogP contribution in [-0.2, 0) is 4.74 Å². The van der Waals surface area contributed by atoms with E-state index in [0.717, 1.165) is 6.20 Å². The molecule has 0 saturated carbocycles. The first-order chi connectivity index (χ1) is 5.27. The Hall–Kier alpha value is -1.65. The predicted molar refractivity (Wildman–Crippen MR) is 33.2 cm³/mol. The van der Waals surface area contributed by atoms with Crippen molar-refractivity contribution in [3.05, 3.63) is 17.8 Å². The molecule has 0 fully saturated rings. The van der Waals surface area contributed by atoms with Crippen LogP contribution in [-0.4, -0.2) is 24.3 Å². The summed E-state index contributed by atoms with van der Waals surface area (Å²) in [4.78, 5) is 24.2. The van der Waals surface area contributed by atoms with Crippen LogP contribution in [0.5, 0.6) is 0 Å². The van der Waals surface area contributed by atoms with E-state index in [0.29, 0.717) is 6.29 Å². The van der Waals surface area contributed by atoms with Gasteiger partial charge in [-0.05, 0) is 0 Å².